The van der Waals surface area contributed by atoms with Crippen LogP contribution in [0.3, 0.4) is 0 Å². The molecule has 1 fully saturated rings. The van der Waals surface area contributed by atoms with Crippen molar-refractivity contribution in [2.45, 2.75) is 77.6 Å². The molecular weight excluding hydrogens is 807 g/mol. The number of aromatic hydroxyl groups is 2. The molecule has 1 saturated carbocycles. The van der Waals surface area contributed by atoms with E-state index in [9.17, 15) is 29.5 Å². The van der Waals surface area contributed by atoms with Gasteiger partial charge in [0.2, 0.25) is 0 Å². The van der Waals surface area contributed by atoms with Crippen molar-refractivity contribution in [1.29, 1.82) is 10.5 Å². The van der Waals surface area contributed by atoms with Gasteiger partial charge in [-0.05, 0) is 110 Å². The summed E-state index contributed by atoms with van der Waals surface area (Å²) in [4.78, 5) is 9.03. The lowest BCUT2D eigenvalue weighted by Crippen LogP contribution is -2.04. The van der Waals surface area contributed by atoms with Gasteiger partial charge in [-0.2, -0.15) is 20.7 Å². The summed E-state index contributed by atoms with van der Waals surface area (Å²) in [6.45, 7) is 3.77. The molecule has 2 aliphatic rings. The van der Waals surface area contributed by atoms with Gasteiger partial charge in [-0.25, -0.2) is 18.7 Å². The van der Waals surface area contributed by atoms with Crippen molar-refractivity contribution in [2.24, 2.45) is 0 Å². The van der Waals surface area contributed by atoms with Crippen LogP contribution in [0.2, 0.25) is 0 Å². The first-order valence-corrected chi connectivity index (χ1v) is 21.6. The number of nitrogens with one attached hydrogen (secondary N) is 2. The molecule has 0 saturated heterocycles. The Morgan fingerprint density at radius 1 is 0.609 bits per heavy atom. The van der Waals surface area contributed by atoms with Crippen molar-refractivity contribution >= 4 is 27.6 Å². The van der Waals surface area contributed by atoms with Crippen LogP contribution in [-0.4, -0.2) is 40.6 Å². The maximum absolute atomic E-state index is 14.7. The third-order valence-electron chi connectivity index (χ3n) is 12.5. The van der Waals surface area contributed by atoms with Crippen LogP contribution in [0.5, 0.6) is 11.5 Å². The third-order valence-corrected chi connectivity index (χ3v) is 12.5. The summed E-state index contributed by atoms with van der Waals surface area (Å²) in [5, 5.41) is 55.4. The molecule has 0 radical (unpaired) electrons. The normalized spacial score (nSPS) is 14.1. The molecule has 0 amide bonds. The molecule has 0 aliphatic heterocycles. The molecule has 4 N–H and O–H groups in total. The summed E-state index contributed by atoms with van der Waals surface area (Å²) >= 11 is 0. The van der Waals surface area contributed by atoms with Crippen molar-refractivity contribution in [2.75, 3.05) is 0 Å². The number of rotatable bonds is 6. The largest absolute Gasteiger partial charge is 0.508 e. The number of phenolic OH excluding ortho intramolecular Hbond substituents is 2. The standard InChI is InChI=1S/C26H23FN4O.C26H21FN4O/c2*1-15-23-24(18-9-7-17(8-10-18)16-5-3-2-4-6-16)21(14-28)25(29-26(23)31-30-15)20-12-11-19(32)13-22(20)27/h7-13,16,32H,2-6H2,1H3,(H,29,30,31);5,7-13,32H,2-4,6H2,1H3,(H,29,30,31). The smallest absolute Gasteiger partial charge is 0.182 e. The van der Waals surface area contributed by atoms with Crippen LogP contribution in [-0.2, 0) is 0 Å². The number of fused-ring (bicyclic) bond motifs is 2. The van der Waals surface area contributed by atoms with Crippen LogP contribution in [0.1, 0.15) is 97.3 Å². The van der Waals surface area contributed by atoms with E-state index in [4.69, 9.17) is 0 Å². The average Bonchev–Trinajstić information content (AvgIpc) is 3.89. The molecule has 10 nitrogen and oxygen atoms in total. The average molecular weight is 851 g/mol. The maximum atomic E-state index is 14.7. The first-order valence-electron chi connectivity index (χ1n) is 21.6. The molecule has 0 atom stereocenters. The number of halogens is 2. The van der Waals surface area contributed by atoms with E-state index in [1.807, 2.05) is 38.1 Å². The number of benzene rings is 4. The summed E-state index contributed by atoms with van der Waals surface area (Å²) < 4.78 is 29.4. The van der Waals surface area contributed by atoms with Crippen molar-refractivity contribution in [1.82, 2.24) is 30.4 Å². The van der Waals surface area contributed by atoms with E-state index in [2.05, 4.69) is 72.8 Å². The number of nitriles is 2. The molecule has 8 aromatic rings. The monoisotopic (exact) mass is 850 g/mol. The molecule has 4 aromatic carbocycles. The molecule has 4 aromatic heterocycles. The van der Waals surface area contributed by atoms with E-state index in [1.54, 1.807) is 0 Å². The Labute approximate surface area is 368 Å². The summed E-state index contributed by atoms with van der Waals surface area (Å²) in [5.74, 6) is -1.07. The fraction of sp³-hybridized carbons (Fsp3) is 0.231. The lowest BCUT2D eigenvalue weighted by molar-refractivity contribution is 0.443. The van der Waals surface area contributed by atoms with Gasteiger partial charge in [0.25, 0.3) is 0 Å². The Morgan fingerprint density at radius 2 is 1.09 bits per heavy atom. The molecular formula is C52H44F2N8O2. The Kier molecular flexibility index (Phi) is 11.4. The summed E-state index contributed by atoms with van der Waals surface area (Å²) in [6, 6.07) is 28.7. The number of aromatic amines is 2. The molecule has 318 valence electrons. The topological polar surface area (TPSA) is 171 Å². The quantitative estimate of drug-likeness (QED) is 0.128. The van der Waals surface area contributed by atoms with E-state index in [0.29, 0.717) is 28.3 Å². The molecule has 12 heteroatoms. The van der Waals surface area contributed by atoms with Crippen LogP contribution in [0.15, 0.2) is 91.0 Å². The number of aromatic nitrogens is 6. The highest BCUT2D eigenvalue weighted by Gasteiger charge is 2.25. The van der Waals surface area contributed by atoms with Gasteiger partial charge in [-0.15, -0.1) is 0 Å². The van der Waals surface area contributed by atoms with Crippen molar-refractivity contribution in [3.05, 3.63) is 136 Å². The Balaban J connectivity index is 0.000000162. The zero-order chi connectivity index (χ0) is 44.5. The highest BCUT2D eigenvalue weighted by molar-refractivity contribution is 6.02. The predicted molar refractivity (Wildman–Crippen MR) is 244 cm³/mol. The van der Waals surface area contributed by atoms with Crippen molar-refractivity contribution in [3.63, 3.8) is 0 Å². The molecule has 2 aliphatic carbocycles. The lowest BCUT2D eigenvalue weighted by atomic mass is 9.83. The Hall–Kier alpha value is -7.70. The fourth-order valence-electron chi connectivity index (χ4n) is 9.29. The zero-order valence-corrected chi connectivity index (χ0v) is 35.4. The van der Waals surface area contributed by atoms with Gasteiger partial charge in [0.05, 0.1) is 33.3 Å². The molecule has 0 spiro atoms. The first kappa shape index (κ1) is 41.6. The van der Waals surface area contributed by atoms with E-state index >= 15 is 0 Å². The SMILES string of the molecule is Cc1[nH]nc2nc(-c3ccc(O)cc3F)c(C#N)c(-c3ccc(C4=CCCCC4)cc3)c12.Cc1[nH]nc2nc(-c3ccc(O)cc3F)c(C#N)c(-c3ccc(C4CCCCC4)cc3)c12. The van der Waals surface area contributed by atoms with Gasteiger partial charge in [0.15, 0.2) is 11.3 Å². The van der Waals surface area contributed by atoms with E-state index in [-0.39, 0.29) is 45.1 Å². The minimum atomic E-state index is -0.647. The second kappa shape index (κ2) is 17.6. The second-order valence-corrected chi connectivity index (χ2v) is 16.6. The van der Waals surface area contributed by atoms with Gasteiger partial charge in [-0.1, -0.05) is 73.9 Å². The fourth-order valence-corrected chi connectivity index (χ4v) is 9.29. The second-order valence-electron chi connectivity index (χ2n) is 16.6. The molecule has 0 bridgehead atoms. The predicted octanol–water partition coefficient (Wildman–Crippen LogP) is 12.6. The molecule has 4 heterocycles. The number of hydrogen-bond donors (Lipinski definition) is 4. The number of pyridine rings is 2. The molecule has 64 heavy (non-hydrogen) atoms. The first-order chi connectivity index (χ1) is 31.1. The van der Waals surface area contributed by atoms with Gasteiger partial charge in [-0.3, -0.25) is 10.2 Å². The van der Waals surface area contributed by atoms with Crippen LogP contribution >= 0.6 is 0 Å². The van der Waals surface area contributed by atoms with Crippen LogP contribution in [0.4, 0.5) is 8.78 Å². The molecule has 0 unspecified atom stereocenters. The van der Waals surface area contributed by atoms with Crippen molar-refractivity contribution in [3.8, 4) is 68.4 Å². The summed E-state index contributed by atoms with van der Waals surface area (Å²) in [7, 11) is 0. The van der Waals surface area contributed by atoms with Crippen LogP contribution in [0, 0.1) is 48.1 Å². The highest BCUT2D eigenvalue weighted by atomic mass is 19.1. The number of hydrogen-bond acceptors (Lipinski definition) is 8. The van der Waals surface area contributed by atoms with E-state index in [1.165, 1.54) is 85.9 Å². The lowest BCUT2D eigenvalue weighted by Gasteiger charge is -2.22. The van der Waals surface area contributed by atoms with E-state index in [0.717, 1.165) is 58.3 Å². The van der Waals surface area contributed by atoms with Gasteiger partial charge in [0, 0.05) is 45.8 Å². The van der Waals surface area contributed by atoms with Crippen molar-refractivity contribution < 1.29 is 19.0 Å². The van der Waals surface area contributed by atoms with Crippen LogP contribution < -0.4 is 0 Å². The Bertz CT molecular complexity index is 3190. The van der Waals surface area contributed by atoms with Gasteiger partial charge < -0.3 is 10.2 Å². The van der Waals surface area contributed by atoms with Crippen LogP contribution in [0.25, 0.3) is 72.4 Å². The molecule has 10 rings (SSSR count). The third kappa shape index (κ3) is 7.84. The minimum Gasteiger partial charge on any atom is -0.508 e. The maximum Gasteiger partial charge on any atom is 0.182 e. The van der Waals surface area contributed by atoms with Gasteiger partial charge >= 0.3 is 0 Å². The minimum absolute atomic E-state index is 0.145. The zero-order valence-electron chi connectivity index (χ0n) is 35.4. The number of nitrogens with zero attached hydrogens (tertiary/aromatic N) is 6. The summed E-state index contributed by atoms with van der Waals surface area (Å²) in [6.07, 6.45) is 13.2. The Morgan fingerprint density at radius 3 is 1.55 bits per heavy atom. The number of allylic oxidation sites excluding steroid dienone is 2. The van der Waals surface area contributed by atoms with Gasteiger partial charge in [0.1, 0.15) is 35.3 Å². The summed E-state index contributed by atoms with van der Waals surface area (Å²) in [5.41, 5.74) is 10.7. The highest BCUT2D eigenvalue weighted by Crippen LogP contribution is 2.42. The number of phenols is 2. The number of aryl methyl sites for hydroxylation is 2. The number of H-pyrrole nitrogens is 2. The van der Waals surface area contributed by atoms with E-state index < -0.39 is 11.6 Å².